The monoisotopic (exact) mass is 251 g/mol. The van der Waals surface area contributed by atoms with Gasteiger partial charge in [0.2, 0.25) is 0 Å². The molecule has 1 heterocycles. The Morgan fingerprint density at radius 1 is 1.14 bits per heavy atom. The van der Waals surface area contributed by atoms with Gasteiger partial charge in [-0.25, -0.2) is 0 Å². The van der Waals surface area contributed by atoms with Gasteiger partial charge in [0.25, 0.3) is 0 Å². The fraction of sp³-hybridized carbons (Fsp3) is 0.333. The Morgan fingerprint density at radius 3 is 2.79 bits per heavy atom. The Bertz CT molecular complexity index is 372. The van der Waals surface area contributed by atoms with Crippen molar-refractivity contribution in [3.63, 3.8) is 0 Å². The second kappa shape index (κ2) is 4.65. The lowest BCUT2D eigenvalue weighted by atomic mass is 10.2. The molecule has 0 aliphatic carbocycles. The van der Waals surface area contributed by atoms with Crippen LogP contribution in [0.25, 0.3) is 10.9 Å². The minimum absolute atomic E-state index is 1.10. The first-order valence-corrected chi connectivity index (χ1v) is 6.15. The highest BCUT2D eigenvalue weighted by Gasteiger charge is 1.98. The number of hydrogen-bond acceptors (Lipinski definition) is 0. The van der Waals surface area contributed by atoms with Crippen molar-refractivity contribution in [3.05, 3.63) is 36.0 Å². The lowest BCUT2D eigenvalue weighted by molar-refractivity contribution is 0.792. The van der Waals surface area contributed by atoms with Gasteiger partial charge in [-0.2, -0.15) is 0 Å². The van der Waals surface area contributed by atoms with E-state index in [4.69, 9.17) is 0 Å². The fourth-order valence-electron chi connectivity index (χ4n) is 1.68. The molecule has 0 bridgehead atoms. The lowest BCUT2D eigenvalue weighted by Gasteiger charge is -1.94. The van der Waals surface area contributed by atoms with E-state index in [-0.39, 0.29) is 0 Å². The molecule has 1 N–H and O–H groups in total. The van der Waals surface area contributed by atoms with Crippen molar-refractivity contribution in [2.24, 2.45) is 0 Å². The van der Waals surface area contributed by atoms with E-state index in [0.717, 1.165) is 11.8 Å². The number of benzene rings is 1. The molecule has 0 radical (unpaired) electrons. The maximum atomic E-state index is 3.45. The molecule has 0 saturated heterocycles. The van der Waals surface area contributed by atoms with Gasteiger partial charge >= 0.3 is 0 Å². The molecule has 0 fully saturated rings. The molecule has 0 amide bonds. The van der Waals surface area contributed by atoms with Crippen LogP contribution in [0, 0.1) is 0 Å². The van der Waals surface area contributed by atoms with Gasteiger partial charge in [0, 0.05) is 16.5 Å². The summed E-state index contributed by atoms with van der Waals surface area (Å²) in [5.74, 6) is 0. The zero-order valence-corrected chi connectivity index (χ0v) is 9.68. The highest BCUT2D eigenvalue weighted by Crippen LogP contribution is 2.16. The van der Waals surface area contributed by atoms with Crippen molar-refractivity contribution in [1.82, 2.24) is 4.98 Å². The first kappa shape index (κ1) is 9.78. The summed E-state index contributed by atoms with van der Waals surface area (Å²) < 4.78 is 0. The van der Waals surface area contributed by atoms with Crippen LogP contribution in [0.1, 0.15) is 18.5 Å². The summed E-state index contributed by atoms with van der Waals surface area (Å²) in [7, 11) is 0. The molecule has 1 aromatic carbocycles. The molecule has 0 unspecified atom stereocenters. The van der Waals surface area contributed by atoms with Gasteiger partial charge in [-0.1, -0.05) is 34.1 Å². The molecule has 0 atom stereocenters. The first-order valence-electron chi connectivity index (χ1n) is 5.03. The Balaban J connectivity index is 2.11. The number of rotatable bonds is 4. The third kappa shape index (κ3) is 2.18. The number of nitrogens with one attached hydrogen (secondary N) is 1. The smallest absolute Gasteiger partial charge is 0.0456 e. The van der Waals surface area contributed by atoms with E-state index in [0.29, 0.717) is 0 Å². The number of alkyl halides is 1. The highest BCUT2D eigenvalue weighted by atomic mass is 79.9. The molecule has 2 heteroatoms. The van der Waals surface area contributed by atoms with Gasteiger partial charge in [-0.15, -0.1) is 0 Å². The zero-order chi connectivity index (χ0) is 9.80. The number of aryl methyl sites for hydroxylation is 1. The van der Waals surface area contributed by atoms with Crippen LogP contribution in [-0.2, 0) is 6.42 Å². The molecule has 0 aliphatic heterocycles. The van der Waals surface area contributed by atoms with Gasteiger partial charge in [0.05, 0.1) is 0 Å². The van der Waals surface area contributed by atoms with Crippen LogP contribution in [0.2, 0.25) is 0 Å². The van der Waals surface area contributed by atoms with Gasteiger partial charge in [0.1, 0.15) is 0 Å². The standard InChI is InChI=1S/C12H14BrN/c13-8-4-3-6-11-9-10-5-1-2-7-12(10)14-11/h1-2,5,7,9,14H,3-4,6,8H2. The summed E-state index contributed by atoms with van der Waals surface area (Å²) in [6.45, 7) is 0. The van der Waals surface area contributed by atoms with Crippen LogP contribution >= 0.6 is 15.9 Å². The molecule has 74 valence electrons. The number of hydrogen-bond donors (Lipinski definition) is 1. The van der Waals surface area contributed by atoms with Crippen molar-refractivity contribution in [1.29, 1.82) is 0 Å². The predicted molar refractivity (Wildman–Crippen MR) is 65.0 cm³/mol. The van der Waals surface area contributed by atoms with Gasteiger partial charge in [0.15, 0.2) is 0 Å². The summed E-state index contributed by atoms with van der Waals surface area (Å²) in [5, 5.41) is 2.43. The Kier molecular flexibility index (Phi) is 3.25. The second-order valence-electron chi connectivity index (χ2n) is 3.53. The molecule has 2 aromatic rings. The number of H-pyrrole nitrogens is 1. The summed E-state index contributed by atoms with van der Waals surface area (Å²) in [6, 6.07) is 10.7. The molecule has 0 aliphatic rings. The number of aromatic amines is 1. The van der Waals surface area contributed by atoms with Crippen molar-refractivity contribution < 1.29 is 0 Å². The third-order valence-corrected chi connectivity index (χ3v) is 2.98. The predicted octanol–water partition coefficient (Wildman–Crippen LogP) is 3.89. The maximum Gasteiger partial charge on any atom is 0.0456 e. The van der Waals surface area contributed by atoms with Crippen LogP contribution in [0.4, 0.5) is 0 Å². The van der Waals surface area contributed by atoms with Crippen molar-refractivity contribution in [3.8, 4) is 0 Å². The molecule has 2 rings (SSSR count). The van der Waals surface area contributed by atoms with Gasteiger partial charge in [-0.05, 0) is 36.8 Å². The van der Waals surface area contributed by atoms with Crippen LogP contribution in [0.3, 0.4) is 0 Å². The van der Waals surface area contributed by atoms with E-state index in [1.807, 2.05) is 0 Å². The SMILES string of the molecule is BrCCCCc1cc2ccccc2[nH]1. The number of unbranched alkanes of at least 4 members (excludes halogenated alkanes) is 1. The Hall–Kier alpha value is -0.760. The normalized spacial score (nSPS) is 10.9. The quantitative estimate of drug-likeness (QED) is 0.627. The zero-order valence-electron chi connectivity index (χ0n) is 8.09. The Morgan fingerprint density at radius 2 is 2.00 bits per heavy atom. The molecule has 1 aromatic heterocycles. The maximum absolute atomic E-state index is 3.45. The van der Waals surface area contributed by atoms with E-state index in [2.05, 4.69) is 51.2 Å². The van der Waals surface area contributed by atoms with Gasteiger partial charge < -0.3 is 4.98 Å². The van der Waals surface area contributed by atoms with Crippen molar-refractivity contribution >= 4 is 26.8 Å². The number of para-hydroxylation sites is 1. The summed E-state index contributed by atoms with van der Waals surface area (Å²) in [6.07, 6.45) is 3.65. The topological polar surface area (TPSA) is 15.8 Å². The Labute approximate surface area is 92.6 Å². The average molecular weight is 252 g/mol. The molecule has 1 nitrogen and oxygen atoms in total. The van der Waals surface area contributed by atoms with Gasteiger partial charge in [-0.3, -0.25) is 0 Å². The van der Waals surface area contributed by atoms with Crippen LogP contribution < -0.4 is 0 Å². The van der Waals surface area contributed by atoms with Crippen LogP contribution in [0.5, 0.6) is 0 Å². The van der Waals surface area contributed by atoms with E-state index in [9.17, 15) is 0 Å². The van der Waals surface area contributed by atoms with Crippen molar-refractivity contribution in [2.45, 2.75) is 19.3 Å². The fourth-order valence-corrected chi connectivity index (χ4v) is 2.07. The summed E-state index contributed by atoms with van der Waals surface area (Å²) in [4.78, 5) is 3.44. The van der Waals surface area contributed by atoms with E-state index in [1.54, 1.807) is 0 Å². The average Bonchev–Trinajstić information content (AvgIpc) is 2.60. The van der Waals surface area contributed by atoms with E-state index < -0.39 is 0 Å². The molecular formula is C12H14BrN. The van der Waals surface area contributed by atoms with E-state index in [1.165, 1.54) is 29.4 Å². The van der Waals surface area contributed by atoms with Crippen LogP contribution in [-0.4, -0.2) is 10.3 Å². The molecule has 14 heavy (non-hydrogen) atoms. The number of fused-ring (bicyclic) bond motifs is 1. The molecule has 0 saturated carbocycles. The van der Waals surface area contributed by atoms with Crippen molar-refractivity contribution in [2.75, 3.05) is 5.33 Å². The minimum atomic E-state index is 1.10. The third-order valence-electron chi connectivity index (χ3n) is 2.42. The minimum Gasteiger partial charge on any atom is -0.358 e. The largest absolute Gasteiger partial charge is 0.358 e. The number of aromatic nitrogens is 1. The molecular weight excluding hydrogens is 238 g/mol. The molecule has 0 spiro atoms. The summed E-state index contributed by atoms with van der Waals surface area (Å²) >= 11 is 3.45. The van der Waals surface area contributed by atoms with E-state index >= 15 is 0 Å². The van der Waals surface area contributed by atoms with Crippen LogP contribution in [0.15, 0.2) is 30.3 Å². The first-order chi connectivity index (χ1) is 6.90. The highest BCUT2D eigenvalue weighted by molar-refractivity contribution is 9.09. The number of halogens is 1. The summed E-state index contributed by atoms with van der Waals surface area (Å²) in [5.41, 5.74) is 2.61. The second-order valence-corrected chi connectivity index (χ2v) is 4.32. The lowest BCUT2D eigenvalue weighted by Crippen LogP contribution is -1.85.